The lowest BCUT2D eigenvalue weighted by Crippen LogP contribution is -2.52. The van der Waals surface area contributed by atoms with E-state index in [4.69, 9.17) is 16.3 Å². The fourth-order valence-corrected chi connectivity index (χ4v) is 3.97. The highest BCUT2D eigenvalue weighted by Crippen LogP contribution is 2.39. The molecule has 1 aliphatic carbocycles. The number of hydrogen-bond donors (Lipinski definition) is 2. The predicted octanol–water partition coefficient (Wildman–Crippen LogP) is 3.77. The van der Waals surface area contributed by atoms with Crippen LogP contribution in [-0.2, 0) is 16.0 Å². The number of nitrogens with zero attached hydrogens (tertiary/aromatic N) is 1. The van der Waals surface area contributed by atoms with Gasteiger partial charge in [-0.1, -0.05) is 11.6 Å². The number of anilines is 1. The lowest BCUT2D eigenvalue weighted by molar-refractivity contribution is -0.136. The van der Waals surface area contributed by atoms with E-state index in [0.717, 1.165) is 6.07 Å². The number of carbonyl (C=O) groups excluding carboxylic acids is 3. The molecule has 31 heavy (non-hydrogen) atoms. The third-order valence-corrected chi connectivity index (χ3v) is 5.71. The largest absolute Gasteiger partial charge is 0.425 e. The normalized spacial score (nSPS) is 19.2. The van der Waals surface area contributed by atoms with Crippen molar-refractivity contribution in [3.63, 3.8) is 0 Å². The molecule has 2 aromatic carbocycles. The van der Waals surface area contributed by atoms with Crippen LogP contribution in [-0.4, -0.2) is 36.1 Å². The number of β-lactam (4-membered cyclic amide) rings is 1. The number of hydrogen-bond acceptors (Lipinski definition) is 4. The average Bonchev–Trinajstić information content (AvgIpc) is 3.15. The molecule has 1 unspecified atom stereocenters. The Labute approximate surface area is 181 Å². The van der Waals surface area contributed by atoms with Gasteiger partial charge < -0.3 is 20.3 Å². The quantitative estimate of drug-likeness (QED) is 0.695. The summed E-state index contributed by atoms with van der Waals surface area (Å²) in [6.45, 7) is 0. The van der Waals surface area contributed by atoms with E-state index in [1.807, 2.05) is 0 Å². The van der Waals surface area contributed by atoms with Crippen molar-refractivity contribution in [2.24, 2.45) is 0 Å². The highest BCUT2D eigenvalue weighted by Gasteiger charge is 2.37. The molecule has 1 aliphatic heterocycles. The van der Waals surface area contributed by atoms with Crippen LogP contribution in [0.3, 0.4) is 0 Å². The number of fused-ring (bicyclic) bond motifs is 1. The van der Waals surface area contributed by atoms with Crippen molar-refractivity contribution in [3.8, 4) is 0 Å². The van der Waals surface area contributed by atoms with Gasteiger partial charge in [-0.05, 0) is 48.7 Å². The Balaban J connectivity index is 1.54. The molecule has 10 heteroatoms. The fourth-order valence-electron chi connectivity index (χ4n) is 3.79. The lowest BCUT2D eigenvalue weighted by Gasteiger charge is -2.31. The van der Waals surface area contributed by atoms with E-state index in [1.54, 1.807) is 0 Å². The standard InChI is InChI=1S/C21H18ClF2N3O4/c1-27(21(30)31-18-9-17(28)26-18)16-7-4-11-12(3-6-15(24)19(11)16)20(29)25-10-2-5-14(23)13(22)8-10/h2-3,5-6,8,16,18H,4,7,9H2,1H3,(H,25,29)(H,26,28)/t16-,18?/m0/s1. The predicted molar refractivity (Wildman–Crippen MR) is 108 cm³/mol. The van der Waals surface area contributed by atoms with Gasteiger partial charge >= 0.3 is 6.09 Å². The summed E-state index contributed by atoms with van der Waals surface area (Å²) >= 11 is 5.75. The smallest absolute Gasteiger partial charge is 0.411 e. The minimum absolute atomic E-state index is 0.0902. The van der Waals surface area contributed by atoms with Gasteiger partial charge in [-0.3, -0.25) is 9.59 Å². The van der Waals surface area contributed by atoms with Gasteiger partial charge in [0.15, 0.2) is 6.23 Å². The van der Waals surface area contributed by atoms with Crippen LogP contribution in [0.1, 0.15) is 40.4 Å². The summed E-state index contributed by atoms with van der Waals surface area (Å²) < 4.78 is 33.2. The van der Waals surface area contributed by atoms with Crippen molar-refractivity contribution in [1.82, 2.24) is 10.2 Å². The van der Waals surface area contributed by atoms with Crippen LogP contribution in [0.15, 0.2) is 30.3 Å². The molecule has 1 fully saturated rings. The maximum absolute atomic E-state index is 14.7. The van der Waals surface area contributed by atoms with Gasteiger partial charge in [-0.15, -0.1) is 0 Å². The van der Waals surface area contributed by atoms with Crippen LogP contribution in [0.25, 0.3) is 0 Å². The van der Waals surface area contributed by atoms with Crippen molar-refractivity contribution >= 4 is 35.2 Å². The van der Waals surface area contributed by atoms with Crippen LogP contribution in [0.2, 0.25) is 5.02 Å². The Morgan fingerprint density at radius 3 is 2.61 bits per heavy atom. The average molecular weight is 450 g/mol. The molecule has 0 aromatic heterocycles. The van der Waals surface area contributed by atoms with Gasteiger partial charge in [0.25, 0.3) is 5.91 Å². The van der Waals surface area contributed by atoms with Crippen LogP contribution < -0.4 is 10.6 Å². The molecule has 2 aliphatic rings. The summed E-state index contributed by atoms with van der Waals surface area (Å²) in [7, 11) is 1.48. The summed E-state index contributed by atoms with van der Waals surface area (Å²) in [5.41, 5.74) is 1.30. The first kappa shape index (κ1) is 21.0. The van der Waals surface area contributed by atoms with Crippen LogP contribution in [0, 0.1) is 11.6 Å². The number of benzene rings is 2. The van der Waals surface area contributed by atoms with Gasteiger partial charge in [-0.25, -0.2) is 13.6 Å². The second-order valence-electron chi connectivity index (χ2n) is 7.38. The molecule has 1 saturated heterocycles. The van der Waals surface area contributed by atoms with E-state index in [1.165, 1.54) is 36.2 Å². The maximum Gasteiger partial charge on any atom is 0.411 e. The first-order valence-corrected chi connectivity index (χ1v) is 9.93. The second kappa shape index (κ2) is 8.14. The van der Waals surface area contributed by atoms with Crippen molar-refractivity contribution in [2.45, 2.75) is 31.5 Å². The maximum atomic E-state index is 14.7. The third-order valence-electron chi connectivity index (χ3n) is 5.42. The molecule has 7 nitrogen and oxygen atoms in total. The molecule has 0 spiro atoms. The lowest BCUT2D eigenvalue weighted by atomic mass is 10.0. The Kier molecular flexibility index (Phi) is 5.53. The monoisotopic (exact) mass is 449 g/mol. The van der Waals surface area contributed by atoms with Gasteiger partial charge in [0.1, 0.15) is 11.6 Å². The SMILES string of the molecule is CN(C(=O)OC1CC(=O)N1)[C@H]1CCc2c(C(=O)Nc3ccc(F)c(Cl)c3)ccc(F)c21. The van der Waals surface area contributed by atoms with Crippen molar-refractivity contribution in [1.29, 1.82) is 0 Å². The molecule has 0 saturated carbocycles. The molecular formula is C21H18ClF2N3O4. The topological polar surface area (TPSA) is 87.7 Å². The van der Waals surface area contributed by atoms with Gasteiger partial charge in [0.05, 0.1) is 17.5 Å². The summed E-state index contributed by atoms with van der Waals surface area (Å²) in [6, 6.07) is 5.72. The van der Waals surface area contributed by atoms with Gasteiger partial charge in [0.2, 0.25) is 5.91 Å². The number of rotatable bonds is 4. The summed E-state index contributed by atoms with van der Waals surface area (Å²) in [5.74, 6) is -1.85. The molecule has 0 radical (unpaired) electrons. The zero-order chi connectivity index (χ0) is 22.3. The number of amides is 3. The third kappa shape index (κ3) is 4.05. The molecule has 2 atom stereocenters. The minimum Gasteiger partial charge on any atom is -0.425 e. The van der Waals surface area contributed by atoms with Crippen LogP contribution in [0.4, 0.5) is 19.3 Å². The van der Waals surface area contributed by atoms with Crippen molar-refractivity contribution < 1.29 is 27.9 Å². The molecule has 3 amide bonds. The van der Waals surface area contributed by atoms with Crippen LogP contribution >= 0.6 is 11.6 Å². The van der Waals surface area contributed by atoms with E-state index >= 15 is 0 Å². The summed E-state index contributed by atoms with van der Waals surface area (Å²) in [5, 5.41) is 4.93. The first-order chi connectivity index (χ1) is 14.7. The van der Waals surface area contributed by atoms with Crippen molar-refractivity contribution in [2.75, 3.05) is 12.4 Å². The number of nitrogens with one attached hydrogen (secondary N) is 2. The fraction of sp³-hybridized carbons (Fsp3) is 0.286. The first-order valence-electron chi connectivity index (χ1n) is 9.55. The number of halogens is 3. The minimum atomic E-state index is -0.696. The Bertz CT molecular complexity index is 1090. The van der Waals surface area contributed by atoms with E-state index < -0.39 is 35.9 Å². The van der Waals surface area contributed by atoms with E-state index in [0.29, 0.717) is 24.1 Å². The second-order valence-corrected chi connectivity index (χ2v) is 7.79. The van der Waals surface area contributed by atoms with E-state index in [2.05, 4.69) is 10.6 Å². The highest BCUT2D eigenvalue weighted by molar-refractivity contribution is 6.31. The van der Waals surface area contributed by atoms with E-state index in [-0.39, 0.29) is 28.5 Å². The molecule has 2 N–H and O–H groups in total. The molecule has 1 heterocycles. The van der Waals surface area contributed by atoms with E-state index in [9.17, 15) is 23.2 Å². The highest BCUT2D eigenvalue weighted by atomic mass is 35.5. The summed E-state index contributed by atoms with van der Waals surface area (Å²) in [4.78, 5) is 37.4. The van der Waals surface area contributed by atoms with Crippen molar-refractivity contribution in [3.05, 3.63) is 63.7 Å². The number of ether oxygens (including phenoxy) is 1. The Hall–Kier alpha value is -3.20. The number of carbonyl (C=O) groups is 3. The van der Waals surface area contributed by atoms with Crippen LogP contribution in [0.5, 0.6) is 0 Å². The van der Waals surface area contributed by atoms with Gasteiger partial charge in [0, 0.05) is 23.9 Å². The zero-order valence-electron chi connectivity index (χ0n) is 16.4. The van der Waals surface area contributed by atoms with Gasteiger partial charge in [-0.2, -0.15) is 0 Å². The molecular weight excluding hydrogens is 432 g/mol. The molecule has 0 bridgehead atoms. The molecule has 162 valence electrons. The zero-order valence-corrected chi connectivity index (χ0v) is 17.1. The Morgan fingerprint density at radius 1 is 1.23 bits per heavy atom. The molecule has 2 aromatic rings. The summed E-state index contributed by atoms with van der Waals surface area (Å²) in [6.07, 6.45) is -0.511. The molecule has 4 rings (SSSR count). The Morgan fingerprint density at radius 2 is 1.94 bits per heavy atom.